The molecule has 0 bridgehead atoms. The van der Waals surface area contributed by atoms with Gasteiger partial charge >= 0.3 is 0 Å². The van der Waals surface area contributed by atoms with E-state index < -0.39 is 15.9 Å². The maximum atomic E-state index is 12.1. The Morgan fingerprint density at radius 3 is 2.43 bits per heavy atom. The summed E-state index contributed by atoms with van der Waals surface area (Å²) in [5.41, 5.74) is -0.169. The van der Waals surface area contributed by atoms with Gasteiger partial charge in [-0.3, -0.25) is 9.52 Å². The Hall–Kier alpha value is -1.56. The van der Waals surface area contributed by atoms with Crippen molar-refractivity contribution in [3.05, 3.63) is 16.6 Å². The normalized spacial score (nSPS) is 11.2. The highest BCUT2D eigenvalue weighted by Gasteiger charge is 2.23. The van der Waals surface area contributed by atoms with Gasteiger partial charge in [-0.05, 0) is 0 Å². The Morgan fingerprint density at radius 2 is 1.86 bits per heavy atom. The molecule has 2 aromatic heterocycles. The average Bonchev–Trinajstić information content (AvgIpc) is 2.82. The summed E-state index contributed by atoms with van der Waals surface area (Å²) in [5, 5.41) is 9.04. The summed E-state index contributed by atoms with van der Waals surface area (Å²) in [7, 11) is -4.08. The average molecular weight is 369 g/mol. The first kappa shape index (κ1) is 15.8. The summed E-state index contributed by atoms with van der Waals surface area (Å²) < 4.78 is 26.0. The Morgan fingerprint density at radius 1 is 1.24 bits per heavy atom. The molecule has 9 nitrogen and oxygen atoms in total. The van der Waals surface area contributed by atoms with E-state index in [0.717, 1.165) is 6.33 Å². The number of anilines is 2. The number of hydrogen-bond acceptors (Lipinski definition) is 8. The SMILES string of the molecule is CC(=O)Nc1nnc(S(=O)(=O)Nc2c(Cl)ncnc2Cl)s1. The van der Waals surface area contributed by atoms with E-state index in [2.05, 4.69) is 30.2 Å². The summed E-state index contributed by atoms with van der Waals surface area (Å²) in [6, 6.07) is 0. The lowest BCUT2D eigenvalue weighted by molar-refractivity contribution is -0.114. The largest absolute Gasteiger partial charge is 0.301 e. The first-order chi connectivity index (χ1) is 9.79. The lowest BCUT2D eigenvalue weighted by Crippen LogP contribution is -2.14. The number of hydrogen-bond donors (Lipinski definition) is 2. The first-order valence-electron chi connectivity index (χ1n) is 5.09. The van der Waals surface area contributed by atoms with Crippen molar-refractivity contribution in [1.29, 1.82) is 0 Å². The molecule has 0 atom stereocenters. The van der Waals surface area contributed by atoms with Crippen LogP contribution in [-0.2, 0) is 14.8 Å². The molecular formula is C8H6Cl2N6O3S2. The van der Waals surface area contributed by atoms with Crippen LogP contribution in [0.25, 0.3) is 0 Å². The highest BCUT2D eigenvalue weighted by molar-refractivity contribution is 7.94. The number of nitrogens with one attached hydrogen (secondary N) is 2. The Kier molecular flexibility index (Phi) is 4.56. The van der Waals surface area contributed by atoms with Gasteiger partial charge in [0.1, 0.15) is 12.0 Å². The van der Waals surface area contributed by atoms with Crippen molar-refractivity contribution in [3.8, 4) is 0 Å². The minimum atomic E-state index is -4.08. The number of halogens is 2. The molecule has 2 N–H and O–H groups in total. The van der Waals surface area contributed by atoms with E-state index in [9.17, 15) is 13.2 Å². The smallest absolute Gasteiger partial charge is 0.291 e. The second-order valence-electron chi connectivity index (χ2n) is 3.49. The van der Waals surface area contributed by atoms with E-state index in [4.69, 9.17) is 23.2 Å². The van der Waals surface area contributed by atoms with Crippen molar-refractivity contribution in [2.24, 2.45) is 0 Å². The molecule has 0 fully saturated rings. The Bertz CT molecular complexity index is 773. The van der Waals surface area contributed by atoms with Gasteiger partial charge in [-0.2, -0.15) is 8.42 Å². The van der Waals surface area contributed by atoms with E-state index >= 15 is 0 Å². The lowest BCUT2D eigenvalue weighted by Gasteiger charge is -2.06. The van der Waals surface area contributed by atoms with Crippen LogP contribution in [-0.4, -0.2) is 34.5 Å². The van der Waals surface area contributed by atoms with Crippen LogP contribution in [0.5, 0.6) is 0 Å². The Balaban J connectivity index is 2.30. The van der Waals surface area contributed by atoms with Crippen molar-refractivity contribution in [2.75, 3.05) is 10.0 Å². The highest BCUT2D eigenvalue weighted by atomic mass is 35.5. The number of carbonyl (C=O) groups excluding carboxylic acids is 1. The molecule has 2 heterocycles. The summed E-state index contributed by atoms with van der Waals surface area (Å²) in [4.78, 5) is 18.1. The number of rotatable bonds is 4. The summed E-state index contributed by atoms with van der Waals surface area (Å²) >= 11 is 12.2. The van der Waals surface area contributed by atoms with Crippen molar-refractivity contribution in [3.63, 3.8) is 0 Å². The molecule has 0 saturated heterocycles. The Labute approximate surface area is 132 Å². The maximum Gasteiger partial charge on any atom is 0.291 e. The van der Waals surface area contributed by atoms with Crippen LogP contribution in [0, 0.1) is 0 Å². The zero-order valence-electron chi connectivity index (χ0n) is 10.2. The molecule has 0 aliphatic carbocycles. The van der Waals surface area contributed by atoms with Gasteiger partial charge in [-0.1, -0.05) is 34.5 Å². The number of carbonyl (C=O) groups is 1. The predicted octanol–water partition coefficient (Wildman–Crippen LogP) is 1.39. The zero-order chi connectivity index (χ0) is 15.6. The number of nitrogens with zero attached hydrogens (tertiary/aromatic N) is 4. The molecule has 0 spiro atoms. The van der Waals surface area contributed by atoms with Crippen LogP contribution in [0.1, 0.15) is 6.92 Å². The lowest BCUT2D eigenvalue weighted by atomic mass is 10.6. The minimum Gasteiger partial charge on any atom is -0.301 e. The number of amides is 1. The van der Waals surface area contributed by atoms with Gasteiger partial charge in [0.05, 0.1) is 0 Å². The van der Waals surface area contributed by atoms with Crippen molar-refractivity contribution in [1.82, 2.24) is 20.2 Å². The van der Waals surface area contributed by atoms with Gasteiger partial charge in [-0.25, -0.2) is 9.97 Å². The second-order valence-corrected chi connectivity index (χ2v) is 7.04. The molecule has 0 aliphatic rings. The minimum absolute atomic E-state index is 0.0457. The number of sulfonamides is 1. The number of aromatic nitrogens is 4. The standard InChI is InChI=1S/C8H6Cl2N6O3S2/c1-3(17)13-7-14-15-8(20-7)21(18,19)16-4-5(9)11-2-12-6(4)10/h2,16H,1H3,(H,13,14,17). The van der Waals surface area contributed by atoms with Crippen molar-refractivity contribution in [2.45, 2.75) is 11.3 Å². The van der Waals surface area contributed by atoms with Gasteiger partial charge in [0.15, 0.2) is 10.3 Å². The molecule has 0 unspecified atom stereocenters. The topological polar surface area (TPSA) is 127 Å². The monoisotopic (exact) mass is 368 g/mol. The molecule has 112 valence electrons. The third-order valence-corrected chi connectivity index (χ3v) is 5.04. The van der Waals surface area contributed by atoms with Crippen LogP contribution in [0.15, 0.2) is 10.7 Å². The van der Waals surface area contributed by atoms with Crippen LogP contribution >= 0.6 is 34.5 Å². The molecule has 2 aromatic rings. The maximum absolute atomic E-state index is 12.1. The third kappa shape index (κ3) is 3.75. The summed E-state index contributed by atoms with van der Waals surface area (Å²) in [6.07, 6.45) is 1.09. The molecule has 1 amide bonds. The highest BCUT2D eigenvalue weighted by Crippen LogP contribution is 2.29. The van der Waals surface area contributed by atoms with Crippen molar-refractivity contribution >= 4 is 61.3 Å². The second kappa shape index (κ2) is 6.05. The zero-order valence-corrected chi connectivity index (χ0v) is 13.3. The van der Waals surface area contributed by atoms with Crippen LogP contribution in [0.2, 0.25) is 10.3 Å². The van der Waals surface area contributed by atoms with E-state index in [1.807, 2.05) is 0 Å². The third-order valence-electron chi connectivity index (χ3n) is 1.91. The van der Waals surface area contributed by atoms with Gasteiger partial charge in [0, 0.05) is 6.92 Å². The van der Waals surface area contributed by atoms with Gasteiger partial charge in [-0.15, -0.1) is 10.2 Å². The molecular weight excluding hydrogens is 363 g/mol. The van der Waals surface area contributed by atoms with E-state index in [-0.39, 0.29) is 25.5 Å². The fraction of sp³-hybridized carbons (Fsp3) is 0.125. The molecule has 21 heavy (non-hydrogen) atoms. The van der Waals surface area contributed by atoms with Gasteiger partial charge in [0.25, 0.3) is 14.4 Å². The molecule has 0 saturated carbocycles. The van der Waals surface area contributed by atoms with E-state index in [0.29, 0.717) is 11.3 Å². The fourth-order valence-corrected chi connectivity index (χ4v) is 3.67. The molecule has 0 aliphatic heterocycles. The van der Waals surface area contributed by atoms with E-state index in [1.54, 1.807) is 0 Å². The molecule has 2 rings (SSSR count). The van der Waals surface area contributed by atoms with Gasteiger partial charge in [0.2, 0.25) is 11.0 Å². The van der Waals surface area contributed by atoms with Crippen LogP contribution in [0.4, 0.5) is 10.8 Å². The van der Waals surface area contributed by atoms with E-state index in [1.165, 1.54) is 6.92 Å². The quantitative estimate of drug-likeness (QED) is 0.616. The molecule has 13 heteroatoms. The summed E-state index contributed by atoms with van der Waals surface area (Å²) in [6.45, 7) is 1.26. The van der Waals surface area contributed by atoms with Gasteiger partial charge < -0.3 is 5.32 Å². The molecule has 0 radical (unpaired) electrons. The van der Waals surface area contributed by atoms with Crippen molar-refractivity contribution < 1.29 is 13.2 Å². The summed E-state index contributed by atoms with van der Waals surface area (Å²) in [5.74, 6) is -0.398. The predicted molar refractivity (Wildman–Crippen MR) is 77.1 cm³/mol. The molecule has 0 aromatic carbocycles. The first-order valence-corrected chi connectivity index (χ1v) is 8.15. The van der Waals surface area contributed by atoms with Crippen LogP contribution in [0.3, 0.4) is 0 Å². The van der Waals surface area contributed by atoms with Crippen LogP contribution < -0.4 is 10.0 Å². The fourth-order valence-electron chi connectivity index (χ4n) is 1.13.